The van der Waals surface area contributed by atoms with Gasteiger partial charge >= 0.3 is 5.69 Å². The van der Waals surface area contributed by atoms with E-state index in [1.807, 2.05) is 6.07 Å². The Morgan fingerprint density at radius 1 is 1.17 bits per heavy atom. The lowest BCUT2D eigenvalue weighted by molar-refractivity contribution is 0.0953. The van der Waals surface area contributed by atoms with E-state index in [1.165, 1.54) is 15.1 Å². The van der Waals surface area contributed by atoms with E-state index in [9.17, 15) is 14.0 Å². The number of carbonyl (C=O) groups is 1. The van der Waals surface area contributed by atoms with Crippen molar-refractivity contribution in [3.63, 3.8) is 0 Å². The van der Waals surface area contributed by atoms with E-state index >= 15 is 0 Å². The topological polar surface area (TPSA) is 94.2 Å². The maximum absolute atomic E-state index is 13.9. The lowest BCUT2D eigenvalue weighted by Crippen LogP contribution is -2.28. The first-order chi connectivity index (χ1) is 13.9. The minimum Gasteiger partial charge on any atom is -0.352 e. The van der Waals surface area contributed by atoms with E-state index in [0.29, 0.717) is 47.6 Å². The summed E-state index contributed by atoms with van der Waals surface area (Å²) in [6, 6.07) is 7.74. The highest BCUT2D eigenvalue weighted by Crippen LogP contribution is 2.19. The number of fused-ring (bicyclic) bond motifs is 2. The second-order valence-corrected chi connectivity index (χ2v) is 6.76. The number of rotatable bonds is 5. The molecular weight excluding hydrogens is 375 g/mol. The molecule has 0 spiro atoms. The quantitative estimate of drug-likeness (QED) is 0.523. The molecule has 8 nitrogen and oxygen atoms in total. The second kappa shape index (κ2) is 7.42. The third-order valence-electron chi connectivity index (χ3n) is 4.71. The van der Waals surface area contributed by atoms with E-state index in [0.717, 1.165) is 6.07 Å². The summed E-state index contributed by atoms with van der Waals surface area (Å²) in [7, 11) is 0. The number of aryl methyl sites for hydroxylation is 3. The largest absolute Gasteiger partial charge is 0.352 e. The van der Waals surface area contributed by atoms with Crippen LogP contribution in [-0.4, -0.2) is 36.6 Å². The van der Waals surface area contributed by atoms with Gasteiger partial charge in [0.2, 0.25) is 0 Å². The van der Waals surface area contributed by atoms with Crippen LogP contribution in [0, 0.1) is 19.7 Å². The summed E-state index contributed by atoms with van der Waals surface area (Å²) < 4.78 is 16.8. The smallest absolute Gasteiger partial charge is 0.350 e. The van der Waals surface area contributed by atoms with Crippen LogP contribution in [0.4, 0.5) is 4.39 Å². The third kappa shape index (κ3) is 3.58. The summed E-state index contributed by atoms with van der Waals surface area (Å²) in [6.07, 6.45) is 2.15. The zero-order valence-electron chi connectivity index (χ0n) is 16.0. The minimum atomic E-state index is -0.545. The Labute approximate surface area is 165 Å². The number of carbonyl (C=O) groups excluding carboxylic acids is 1. The van der Waals surface area contributed by atoms with Gasteiger partial charge in [-0.1, -0.05) is 6.07 Å². The summed E-state index contributed by atoms with van der Waals surface area (Å²) in [6.45, 7) is 4.23. The van der Waals surface area contributed by atoms with Gasteiger partial charge in [-0.2, -0.15) is 0 Å². The van der Waals surface area contributed by atoms with E-state index in [4.69, 9.17) is 0 Å². The molecule has 0 atom stereocenters. The molecule has 0 aliphatic heterocycles. The Bertz CT molecular complexity index is 1290. The highest BCUT2D eigenvalue weighted by Gasteiger charge is 2.15. The van der Waals surface area contributed by atoms with Crippen LogP contribution in [0.5, 0.6) is 0 Å². The molecule has 1 aromatic carbocycles. The van der Waals surface area contributed by atoms with Gasteiger partial charge in [-0.05, 0) is 38.5 Å². The maximum atomic E-state index is 13.9. The predicted molar refractivity (Wildman–Crippen MR) is 105 cm³/mol. The van der Waals surface area contributed by atoms with Crippen molar-refractivity contribution in [3.8, 4) is 0 Å². The standard InChI is InChI=1S/C20H19FN6O2/c1-12-13(2)24-18-15(10-14(21)11-16(18)23-12)19(28)22-7-5-9-27-20(29)26-8-4-3-6-17(26)25-27/h3-4,6,8,10-11H,5,7,9H2,1-2H3,(H,22,28). The molecule has 1 amide bonds. The van der Waals surface area contributed by atoms with Gasteiger partial charge in [0.1, 0.15) is 11.3 Å². The molecule has 9 heteroatoms. The minimum absolute atomic E-state index is 0.139. The van der Waals surface area contributed by atoms with Gasteiger partial charge < -0.3 is 5.32 Å². The van der Waals surface area contributed by atoms with Crippen molar-refractivity contribution in [2.24, 2.45) is 0 Å². The molecule has 0 saturated heterocycles. The van der Waals surface area contributed by atoms with Crippen LogP contribution in [0.15, 0.2) is 41.3 Å². The van der Waals surface area contributed by atoms with Gasteiger partial charge in [-0.15, -0.1) is 5.10 Å². The number of aromatic nitrogens is 5. The molecule has 4 aromatic rings. The summed E-state index contributed by atoms with van der Waals surface area (Å²) in [5.41, 5.74) is 2.55. The van der Waals surface area contributed by atoms with Crippen molar-refractivity contribution < 1.29 is 9.18 Å². The number of halogens is 1. The van der Waals surface area contributed by atoms with Crippen molar-refractivity contribution in [2.75, 3.05) is 6.54 Å². The molecule has 3 heterocycles. The van der Waals surface area contributed by atoms with Gasteiger partial charge in [0.05, 0.1) is 22.5 Å². The zero-order valence-corrected chi connectivity index (χ0v) is 16.0. The zero-order chi connectivity index (χ0) is 20.5. The van der Waals surface area contributed by atoms with Crippen molar-refractivity contribution >= 4 is 22.6 Å². The number of hydrogen-bond acceptors (Lipinski definition) is 5. The van der Waals surface area contributed by atoms with Crippen LogP contribution in [0.3, 0.4) is 0 Å². The average molecular weight is 394 g/mol. The van der Waals surface area contributed by atoms with Crippen LogP contribution >= 0.6 is 0 Å². The fourth-order valence-electron chi connectivity index (χ4n) is 3.11. The van der Waals surface area contributed by atoms with Crippen LogP contribution in [0.1, 0.15) is 28.2 Å². The predicted octanol–water partition coefficient (Wildman–Crippen LogP) is 2.02. The second-order valence-electron chi connectivity index (χ2n) is 6.76. The lowest BCUT2D eigenvalue weighted by atomic mass is 10.1. The lowest BCUT2D eigenvalue weighted by Gasteiger charge is -2.09. The molecule has 148 valence electrons. The van der Waals surface area contributed by atoms with Gasteiger partial charge in [0.25, 0.3) is 5.91 Å². The summed E-state index contributed by atoms with van der Waals surface area (Å²) in [5.74, 6) is -0.981. The molecule has 0 fully saturated rings. The fraction of sp³-hybridized carbons (Fsp3) is 0.250. The van der Waals surface area contributed by atoms with E-state index in [-0.39, 0.29) is 11.3 Å². The first-order valence-electron chi connectivity index (χ1n) is 9.21. The number of amides is 1. The molecule has 4 rings (SSSR count). The summed E-state index contributed by atoms with van der Waals surface area (Å²) in [5, 5.41) is 7.00. The van der Waals surface area contributed by atoms with Crippen molar-refractivity contribution in [3.05, 3.63) is 69.8 Å². The Kier molecular flexibility index (Phi) is 4.79. The number of hydrogen-bond donors (Lipinski definition) is 1. The SMILES string of the molecule is Cc1nc2cc(F)cc(C(=O)NCCCn3nc4ccccn4c3=O)c2nc1C. The molecule has 0 radical (unpaired) electrons. The number of benzene rings is 1. The molecule has 0 bridgehead atoms. The van der Waals surface area contributed by atoms with Gasteiger partial charge in [0, 0.05) is 25.4 Å². The van der Waals surface area contributed by atoms with Gasteiger partial charge in [-0.3, -0.25) is 9.20 Å². The molecule has 0 unspecified atom stereocenters. The highest BCUT2D eigenvalue weighted by atomic mass is 19.1. The Morgan fingerprint density at radius 3 is 2.76 bits per heavy atom. The Morgan fingerprint density at radius 2 is 1.97 bits per heavy atom. The first kappa shape index (κ1) is 18.7. The molecule has 3 aromatic heterocycles. The van der Waals surface area contributed by atoms with Crippen LogP contribution < -0.4 is 11.0 Å². The summed E-state index contributed by atoms with van der Waals surface area (Å²) >= 11 is 0. The van der Waals surface area contributed by atoms with Gasteiger partial charge in [0.15, 0.2) is 5.65 Å². The molecular formula is C20H19FN6O2. The van der Waals surface area contributed by atoms with Crippen LogP contribution in [-0.2, 0) is 6.54 Å². The van der Waals surface area contributed by atoms with Crippen molar-refractivity contribution in [2.45, 2.75) is 26.8 Å². The molecule has 0 aliphatic carbocycles. The van der Waals surface area contributed by atoms with E-state index in [2.05, 4.69) is 20.4 Å². The average Bonchev–Trinajstić information content (AvgIpc) is 3.02. The Balaban J connectivity index is 1.46. The highest BCUT2D eigenvalue weighted by molar-refractivity contribution is 6.04. The monoisotopic (exact) mass is 394 g/mol. The van der Waals surface area contributed by atoms with Crippen molar-refractivity contribution in [1.29, 1.82) is 0 Å². The third-order valence-corrected chi connectivity index (χ3v) is 4.71. The first-order valence-corrected chi connectivity index (χ1v) is 9.21. The molecule has 0 aliphatic rings. The van der Waals surface area contributed by atoms with Crippen molar-refractivity contribution in [1.82, 2.24) is 29.5 Å². The maximum Gasteiger partial charge on any atom is 0.350 e. The molecule has 1 N–H and O–H groups in total. The summed E-state index contributed by atoms with van der Waals surface area (Å²) in [4.78, 5) is 33.5. The van der Waals surface area contributed by atoms with Crippen LogP contribution in [0.25, 0.3) is 16.7 Å². The fourth-order valence-corrected chi connectivity index (χ4v) is 3.11. The molecule has 29 heavy (non-hydrogen) atoms. The van der Waals surface area contributed by atoms with Crippen LogP contribution in [0.2, 0.25) is 0 Å². The normalized spacial score (nSPS) is 11.3. The number of nitrogens with one attached hydrogen (secondary N) is 1. The van der Waals surface area contributed by atoms with Gasteiger partial charge in [-0.25, -0.2) is 23.8 Å². The van der Waals surface area contributed by atoms with E-state index in [1.54, 1.807) is 32.2 Å². The number of nitrogens with zero attached hydrogens (tertiary/aromatic N) is 5. The van der Waals surface area contributed by atoms with E-state index < -0.39 is 11.7 Å². The Hall–Kier alpha value is -3.62. The number of pyridine rings is 1. The molecule has 0 saturated carbocycles.